The van der Waals surface area contributed by atoms with Crippen molar-refractivity contribution >= 4 is 40.1 Å². The van der Waals surface area contributed by atoms with Gasteiger partial charge in [0.25, 0.3) is 5.91 Å². The fourth-order valence-electron chi connectivity index (χ4n) is 2.96. The summed E-state index contributed by atoms with van der Waals surface area (Å²) >= 11 is 3.09. The summed E-state index contributed by atoms with van der Waals surface area (Å²) in [6, 6.07) is 11.8. The molecule has 0 saturated heterocycles. The largest absolute Gasteiger partial charge is 0.312 e. The number of hydrogen-bond donors (Lipinski definition) is 1. The van der Waals surface area contributed by atoms with Crippen molar-refractivity contribution in [2.24, 2.45) is 0 Å². The van der Waals surface area contributed by atoms with Crippen LogP contribution in [0.3, 0.4) is 0 Å². The predicted octanol–water partition coefficient (Wildman–Crippen LogP) is 4.77. The van der Waals surface area contributed by atoms with Gasteiger partial charge in [0.15, 0.2) is 0 Å². The van der Waals surface area contributed by atoms with Gasteiger partial charge in [0, 0.05) is 9.77 Å². The molecule has 1 aromatic heterocycles. The number of nitrogens with one attached hydrogen (secondary N) is 1. The third-order valence-corrected chi connectivity index (χ3v) is 6.25. The number of fused-ring (bicyclic) bond motifs is 1. The lowest BCUT2D eigenvalue weighted by Gasteiger charge is -2.09. The van der Waals surface area contributed by atoms with Crippen LogP contribution in [0.4, 0.5) is 5.00 Å². The Hall–Kier alpha value is -2.54. The fourth-order valence-corrected chi connectivity index (χ4v) is 4.60. The van der Waals surface area contributed by atoms with E-state index in [0.29, 0.717) is 10.6 Å². The highest BCUT2D eigenvalue weighted by molar-refractivity contribution is 7.98. The molecule has 1 N–H and O–H groups in total. The first kappa shape index (κ1) is 18.3. The number of aryl methyl sites for hydroxylation is 1. The number of benzene rings is 1. The Morgan fingerprint density at radius 2 is 1.96 bits per heavy atom. The number of rotatable bonds is 4. The van der Waals surface area contributed by atoms with Gasteiger partial charge in [-0.25, -0.2) is 0 Å². The molecule has 1 aliphatic rings. The summed E-state index contributed by atoms with van der Waals surface area (Å²) < 4.78 is 0. The van der Waals surface area contributed by atoms with Crippen LogP contribution < -0.4 is 5.32 Å². The van der Waals surface area contributed by atoms with Crippen molar-refractivity contribution in [3.8, 4) is 12.1 Å². The number of amides is 1. The molecule has 4 nitrogen and oxygen atoms in total. The van der Waals surface area contributed by atoms with E-state index in [4.69, 9.17) is 0 Å². The summed E-state index contributed by atoms with van der Waals surface area (Å²) in [7, 11) is 0. The van der Waals surface area contributed by atoms with E-state index in [0.717, 1.165) is 41.7 Å². The zero-order valence-corrected chi connectivity index (χ0v) is 16.0. The second-order valence-corrected chi connectivity index (χ2v) is 7.91. The average Bonchev–Trinajstić information content (AvgIpc) is 3.03. The van der Waals surface area contributed by atoms with Gasteiger partial charge in [-0.3, -0.25) is 4.79 Å². The molecule has 2 aromatic rings. The molecule has 0 radical (unpaired) electrons. The number of carbonyl (C=O) groups excluding carboxylic acids is 1. The predicted molar refractivity (Wildman–Crippen MR) is 106 cm³/mol. The van der Waals surface area contributed by atoms with Gasteiger partial charge in [-0.15, -0.1) is 23.1 Å². The maximum Gasteiger partial charge on any atom is 0.266 e. The standard InChI is InChI=1S/C20H17N3OS2/c1-25-15-8-6-13(7-9-15)10-14(11-21)19(24)23-20-17(12-22)16-4-2-3-5-18(16)26-20/h6-10H,2-5H2,1H3,(H,23,24)/b14-10+. The second-order valence-electron chi connectivity index (χ2n) is 5.92. The molecule has 1 heterocycles. The molecule has 26 heavy (non-hydrogen) atoms. The summed E-state index contributed by atoms with van der Waals surface area (Å²) in [5, 5.41) is 22.2. The minimum atomic E-state index is -0.475. The molecule has 6 heteroatoms. The molecule has 0 spiro atoms. The Kier molecular flexibility index (Phi) is 5.78. The number of nitriles is 2. The Morgan fingerprint density at radius 3 is 2.62 bits per heavy atom. The summed E-state index contributed by atoms with van der Waals surface area (Å²) in [6.07, 6.45) is 7.58. The normalized spacial score (nSPS) is 13.4. The summed E-state index contributed by atoms with van der Waals surface area (Å²) in [5.41, 5.74) is 2.44. The maximum absolute atomic E-state index is 12.5. The highest BCUT2D eigenvalue weighted by Gasteiger charge is 2.22. The van der Waals surface area contributed by atoms with Crippen molar-refractivity contribution in [3.63, 3.8) is 0 Å². The summed E-state index contributed by atoms with van der Waals surface area (Å²) in [4.78, 5) is 14.8. The molecule has 1 aliphatic carbocycles. The lowest BCUT2D eigenvalue weighted by atomic mass is 9.96. The van der Waals surface area contributed by atoms with Gasteiger partial charge in [-0.1, -0.05) is 12.1 Å². The first-order valence-electron chi connectivity index (χ1n) is 8.28. The monoisotopic (exact) mass is 379 g/mol. The van der Waals surface area contributed by atoms with Gasteiger partial charge in [0.1, 0.15) is 22.7 Å². The van der Waals surface area contributed by atoms with Crippen molar-refractivity contribution in [1.29, 1.82) is 10.5 Å². The van der Waals surface area contributed by atoms with Gasteiger partial charge in [0.2, 0.25) is 0 Å². The van der Waals surface area contributed by atoms with E-state index >= 15 is 0 Å². The Bertz CT molecular complexity index is 943. The molecule has 3 rings (SSSR count). The minimum absolute atomic E-state index is 0.0252. The van der Waals surface area contributed by atoms with Gasteiger partial charge in [-0.2, -0.15) is 10.5 Å². The minimum Gasteiger partial charge on any atom is -0.312 e. The lowest BCUT2D eigenvalue weighted by Crippen LogP contribution is -2.13. The number of thiophene rings is 1. The van der Waals surface area contributed by atoms with Crippen molar-refractivity contribution in [2.75, 3.05) is 11.6 Å². The van der Waals surface area contributed by atoms with Crippen LogP contribution in [-0.2, 0) is 17.6 Å². The first-order chi connectivity index (χ1) is 12.7. The second kappa shape index (κ2) is 8.23. The molecule has 0 bridgehead atoms. The van der Waals surface area contributed by atoms with Crippen molar-refractivity contribution < 1.29 is 4.79 Å². The molecule has 0 fully saturated rings. The quantitative estimate of drug-likeness (QED) is 0.472. The number of anilines is 1. The van der Waals surface area contributed by atoms with E-state index in [-0.39, 0.29) is 5.57 Å². The van der Waals surface area contributed by atoms with Crippen LogP contribution in [0.1, 0.15) is 34.4 Å². The Balaban J connectivity index is 1.84. The van der Waals surface area contributed by atoms with Gasteiger partial charge >= 0.3 is 0 Å². The molecule has 130 valence electrons. The highest BCUT2D eigenvalue weighted by Crippen LogP contribution is 2.37. The van der Waals surface area contributed by atoms with Crippen LogP contribution in [0.2, 0.25) is 0 Å². The zero-order chi connectivity index (χ0) is 18.5. The van der Waals surface area contributed by atoms with E-state index < -0.39 is 5.91 Å². The van der Waals surface area contributed by atoms with Crippen LogP contribution in [0.25, 0.3) is 6.08 Å². The molecular weight excluding hydrogens is 362 g/mol. The van der Waals surface area contributed by atoms with Crippen LogP contribution in [0.15, 0.2) is 34.7 Å². The maximum atomic E-state index is 12.5. The Morgan fingerprint density at radius 1 is 1.23 bits per heavy atom. The van der Waals surface area contributed by atoms with E-state index in [1.54, 1.807) is 17.8 Å². The Labute approximate surface area is 161 Å². The molecule has 1 aromatic carbocycles. The van der Waals surface area contributed by atoms with Gasteiger partial charge < -0.3 is 5.32 Å². The lowest BCUT2D eigenvalue weighted by molar-refractivity contribution is -0.112. The van der Waals surface area contributed by atoms with E-state index in [9.17, 15) is 15.3 Å². The number of nitrogens with zero attached hydrogens (tertiary/aromatic N) is 2. The van der Waals surface area contributed by atoms with E-state index in [1.165, 1.54) is 16.2 Å². The van der Waals surface area contributed by atoms with Crippen LogP contribution >= 0.6 is 23.1 Å². The molecular formula is C20H17N3OS2. The third kappa shape index (κ3) is 3.83. The van der Waals surface area contributed by atoms with Crippen LogP contribution in [0, 0.1) is 22.7 Å². The molecule has 0 saturated carbocycles. The first-order valence-corrected chi connectivity index (χ1v) is 10.3. The molecule has 1 amide bonds. The van der Waals surface area contributed by atoms with Crippen LogP contribution in [0.5, 0.6) is 0 Å². The highest BCUT2D eigenvalue weighted by atomic mass is 32.2. The summed E-state index contributed by atoms with van der Waals surface area (Å²) in [5.74, 6) is -0.475. The van der Waals surface area contributed by atoms with Crippen molar-refractivity contribution in [2.45, 2.75) is 30.6 Å². The zero-order valence-electron chi connectivity index (χ0n) is 14.3. The smallest absolute Gasteiger partial charge is 0.266 e. The van der Waals surface area contributed by atoms with Crippen LogP contribution in [-0.4, -0.2) is 12.2 Å². The topological polar surface area (TPSA) is 76.7 Å². The van der Waals surface area contributed by atoms with Gasteiger partial charge in [-0.05, 0) is 61.3 Å². The van der Waals surface area contributed by atoms with Crippen molar-refractivity contribution in [1.82, 2.24) is 0 Å². The SMILES string of the molecule is CSc1ccc(/C=C(\C#N)C(=O)Nc2sc3c(c2C#N)CCCC3)cc1. The molecule has 0 unspecified atom stereocenters. The average molecular weight is 380 g/mol. The van der Waals surface area contributed by atoms with Crippen molar-refractivity contribution in [3.05, 3.63) is 51.4 Å². The van der Waals surface area contributed by atoms with E-state index in [2.05, 4.69) is 11.4 Å². The van der Waals surface area contributed by atoms with E-state index in [1.807, 2.05) is 36.6 Å². The van der Waals surface area contributed by atoms with Gasteiger partial charge in [0.05, 0.1) is 5.56 Å². The summed E-state index contributed by atoms with van der Waals surface area (Å²) in [6.45, 7) is 0. The third-order valence-electron chi connectivity index (χ3n) is 4.30. The number of thioether (sulfide) groups is 1. The molecule has 0 atom stereocenters. The molecule has 0 aliphatic heterocycles. The number of hydrogen-bond acceptors (Lipinski definition) is 5. The fraction of sp³-hybridized carbons (Fsp3) is 0.250. The number of carbonyl (C=O) groups is 1.